The van der Waals surface area contributed by atoms with E-state index in [9.17, 15) is 9.59 Å². The van der Waals surface area contributed by atoms with E-state index in [2.05, 4.69) is 20.8 Å². The van der Waals surface area contributed by atoms with Crippen LogP contribution in [0.25, 0.3) is 11.4 Å². The lowest BCUT2D eigenvalue weighted by atomic mass is 10.2. The second-order valence-electron chi connectivity index (χ2n) is 5.14. The first-order valence-electron chi connectivity index (χ1n) is 7.74. The fourth-order valence-corrected chi connectivity index (χ4v) is 2.44. The van der Waals surface area contributed by atoms with Gasteiger partial charge in [0.2, 0.25) is 5.82 Å². The van der Waals surface area contributed by atoms with E-state index < -0.39 is 12.0 Å². The molecule has 0 bridgehead atoms. The molecule has 0 unspecified atom stereocenters. The van der Waals surface area contributed by atoms with Crippen LogP contribution in [0.5, 0.6) is 6.08 Å². The van der Waals surface area contributed by atoms with E-state index in [0.29, 0.717) is 10.6 Å². The molecule has 0 radical (unpaired) electrons. The molecule has 0 fully saturated rings. The predicted molar refractivity (Wildman–Crippen MR) is 90.4 cm³/mol. The number of carbonyl (C=O) groups excluding carboxylic acids is 2. The van der Waals surface area contributed by atoms with Crippen molar-refractivity contribution in [1.82, 2.24) is 20.8 Å². The Morgan fingerprint density at radius 3 is 2.96 bits per heavy atom. The van der Waals surface area contributed by atoms with E-state index in [4.69, 9.17) is 25.6 Å². The van der Waals surface area contributed by atoms with Crippen LogP contribution in [0, 0.1) is 0 Å². The maximum atomic E-state index is 12.0. The SMILES string of the molecule is CCOC(=O)C1=C(COc2nc(-c3ccccc3Cl)no2)NC(=O)NC1. The van der Waals surface area contributed by atoms with Gasteiger partial charge in [-0.3, -0.25) is 4.52 Å². The molecule has 2 N–H and O–H groups in total. The Balaban J connectivity index is 1.74. The van der Waals surface area contributed by atoms with Gasteiger partial charge in [-0.15, -0.1) is 0 Å². The predicted octanol–water partition coefficient (Wildman–Crippen LogP) is 1.90. The van der Waals surface area contributed by atoms with Crippen molar-refractivity contribution in [3.05, 3.63) is 40.6 Å². The summed E-state index contributed by atoms with van der Waals surface area (Å²) >= 11 is 6.09. The third kappa shape index (κ3) is 3.94. The molecule has 1 aliphatic rings. The number of hydrogen-bond acceptors (Lipinski definition) is 7. The van der Waals surface area contributed by atoms with E-state index in [0.717, 1.165) is 0 Å². The Morgan fingerprint density at radius 2 is 2.19 bits per heavy atom. The highest BCUT2D eigenvalue weighted by Crippen LogP contribution is 2.26. The minimum Gasteiger partial charge on any atom is -0.463 e. The summed E-state index contributed by atoms with van der Waals surface area (Å²) in [7, 11) is 0. The quantitative estimate of drug-likeness (QED) is 0.737. The topological polar surface area (TPSA) is 116 Å². The maximum Gasteiger partial charge on any atom is 0.418 e. The number of rotatable bonds is 6. The van der Waals surface area contributed by atoms with Crippen LogP contribution in [0.3, 0.4) is 0 Å². The Kier molecular flexibility index (Phi) is 5.37. The molecule has 2 aromatic rings. The zero-order valence-electron chi connectivity index (χ0n) is 13.7. The van der Waals surface area contributed by atoms with Gasteiger partial charge in [-0.05, 0) is 19.1 Å². The van der Waals surface area contributed by atoms with E-state index in [-0.39, 0.29) is 42.9 Å². The van der Waals surface area contributed by atoms with Gasteiger partial charge in [0.25, 0.3) is 0 Å². The molecule has 1 aromatic heterocycles. The lowest BCUT2D eigenvalue weighted by Gasteiger charge is -2.20. The average molecular weight is 379 g/mol. The maximum absolute atomic E-state index is 12.0. The van der Waals surface area contributed by atoms with Gasteiger partial charge in [-0.1, -0.05) is 28.9 Å². The molecule has 0 spiro atoms. The lowest BCUT2D eigenvalue weighted by molar-refractivity contribution is -0.138. The molecule has 1 aromatic carbocycles. The first-order chi connectivity index (χ1) is 12.6. The molecule has 9 nitrogen and oxygen atoms in total. The van der Waals surface area contributed by atoms with Crippen molar-refractivity contribution in [2.24, 2.45) is 0 Å². The average Bonchev–Trinajstić information content (AvgIpc) is 3.09. The van der Waals surface area contributed by atoms with Crippen molar-refractivity contribution in [2.45, 2.75) is 6.92 Å². The lowest BCUT2D eigenvalue weighted by Crippen LogP contribution is -2.45. The van der Waals surface area contributed by atoms with Crippen LogP contribution in [0.15, 0.2) is 40.1 Å². The number of amides is 2. The van der Waals surface area contributed by atoms with Crippen LogP contribution in [-0.2, 0) is 9.53 Å². The summed E-state index contributed by atoms with van der Waals surface area (Å²) in [6.07, 6.45) is -0.122. The number of hydrogen-bond donors (Lipinski definition) is 2. The Labute approximate surface area is 153 Å². The van der Waals surface area contributed by atoms with Crippen LogP contribution in [-0.4, -0.2) is 41.9 Å². The van der Waals surface area contributed by atoms with Crippen LogP contribution >= 0.6 is 11.6 Å². The molecule has 0 saturated heterocycles. The number of esters is 1. The smallest absolute Gasteiger partial charge is 0.418 e. The summed E-state index contributed by atoms with van der Waals surface area (Å²) in [5, 5.41) is 9.29. The van der Waals surface area contributed by atoms with Crippen LogP contribution in [0.4, 0.5) is 4.79 Å². The molecule has 10 heteroatoms. The standard InChI is InChI=1S/C16H15ClN4O5/c1-2-24-14(22)10-7-18-15(23)19-12(10)8-25-16-20-13(21-26-16)9-5-3-4-6-11(9)17/h3-6H,2,7-8H2,1H3,(H2,18,19,23). The molecule has 3 rings (SSSR count). The van der Waals surface area contributed by atoms with Crippen molar-refractivity contribution >= 4 is 23.6 Å². The molecule has 1 aliphatic heterocycles. The monoisotopic (exact) mass is 378 g/mol. The van der Waals surface area contributed by atoms with E-state index >= 15 is 0 Å². The molecular formula is C16H15ClN4O5. The van der Waals surface area contributed by atoms with Gasteiger partial charge in [0, 0.05) is 5.56 Å². The van der Waals surface area contributed by atoms with Crippen molar-refractivity contribution in [1.29, 1.82) is 0 Å². The highest BCUT2D eigenvalue weighted by Gasteiger charge is 2.24. The van der Waals surface area contributed by atoms with Gasteiger partial charge in [0.1, 0.15) is 6.61 Å². The largest absolute Gasteiger partial charge is 0.463 e. The van der Waals surface area contributed by atoms with E-state index in [1.54, 1.807) is 31.2 Å². The minimum atomic E-state index is -0.541. The Hall–Kier alpha value is -3.07. The normalized spacial score (nSPS) is 13.8. The van der Waals surface area contributed by atoms with E-state index in [1.165, 1.54) is 0 Å². The summed E-state index contributed by atoms with van der Waals surface area (Å²) in [6.45, 7) is 1.80. The molecular weight excluding hydrogens is 364 g/mol. The third-order valence-electron chi connectivity index (χ3n) is 3.44. The van der Waals surface area contributed by atoms with Gasteiger partial charge in [0.15, 0.2) is 0 Å². The second-order valence-corrected chi connectivity index (χ2v) is 5.54. The molecule has 26 heavy (non-hydrogen) atoms. The van der Waals surface area contributed by atoms with Gasteiger partial charge >= 0.3 is 18.1 Å². The van der Waals surface area contributed by atoms with Gasteiger partial charge in [-0.2, -0.15) is 4.98 Å². The van der Waals surface area contributed by atoms with Gasteiger partial charge in [-0.25, -0.2) is 9.59 Å². The van der Waals surface area contributed by atoms with Gasteiger partial charge in [0.05, 0.1) is 29.4 Å². The summed E-state index contributed by atoms with van der Waals surface area (Å²) in [5.41, 5.74) is 1.12. The number of carbonyl (C=O) groups is 2. The number of benzene rings is 1. The number of ether oxygens (including phenoxy) is 2. The van der Waals surface area contributed by atoms with Gasteiger partial charge < -0.3 is 20.1 Å². The molecule has 2 heterocycles. The highest BCUT2D eigenvalue weighted by molar-refractivity contribution is 6.33. The summed E-state index contributed by atoms with van der Waals surface area (Å²) in [5.74, 6) is -0.277. The fourth-order valence-electron chi connectivity index (χ4n) is 2.22. The van der Waals surface area contributed by atoms with Crippen molar-refractivity contribution in [3.8, 4) is 17.5 Å². The zero-order chi connectivity index (χ0) is 18.5. The summed E-state index contributed by atoms with van der Waals surface area (Å²) < 4.78 is 15.4. The number of nitrogens with zero attached hydrogens (tertiary/aromatic N) is 2. The van der Waals surface area contributed by atoms with E-state index in [1.807, 2.05) is 0 Å². The molecule has 136 valence electrons. The Morgan fingerprint density at radius 1 is 1.38 bits per heavy atom. The van der Waals surface area contributed by atoms with Crippen LogP contribution in [0.1, 0.15) is 6.92 Å². The number of nitrogens with one attached hydrogen (secondary N) is 2. The highest BCUT2D eigenvalue weighted by atomic mass is 35.5. The van der Waals surface area contributed by atoms with Crippen molar-refractivity contribution in [3.63, 3.8) is 0 Å². The Bertz CT molecular complexity index is 864. The molecule has 0 saturated carbocycles. The molecule has 2 amide bonds. The first kappa shape index (κ1) is 17.7. The molecule has 0 aliphatic carbocycles. The minimum absolute atomic E-state index is 0.0397. The fraction of sp³-hybridized carbons (Fsp3) is 0.250. The zero-order valence-corrected chi connectivity index (χ0v) is 14.5. The van der Waals surface area contributed by atoms with Crippen molar-refractivity contribution < 1.29 is 23.6 Å². The van der Waals surface area contributed by atoms with Crippen molar-refractivity contribution in [2.75, 3.05) is 19.8 Å². The molecule has 0 atom stereocenters. The second kappa shape index (κ2) is 7.87. The number of halogens is 1. The third-order valence-corrected chi connectivity index (χ3v) is 3.77. The van der Waals surface area contributed by atoms with Crippen LogP contribution < -0.4 is 15.4 Å². The summed E-state index contributed by atoms with van der Waals surface area (Å²) in [4.78, 5) is 27.6. The first-order valence-corrected chi connectivity index (χ1v) is 8.11. The van der Waals surface area contributed by atoms with Crippen LogP contribution in [0.2, 0.25) is 5.02 Å². The number of aromatic nitrogens is 2. The number of urea groups is 1. The summed E-state index contributed by atoms with van der Waals surface area (Å²) in [6, 6.07) is 6.57.